The Morgan fingerprint density at radius 1 is 1.45 bits per heavy atom. The second-order valence-electron chi connectivity index (χ2n) is 4.09. The van der Waals surface area contributed by atoms with Crippen molar-refractivity contribution in [3.05, 3.63) is 23.4 Å². The van der Waals surface area contributed by atoms with Gasteiger partial charge in [-0.25, -0.2) is 4.98 Å². The molecule has 0 fully saturated rings. The van der Waals surface area contributed by atoms with Gasteiger partial charge in [0.25, 0.3) is 0 Å². The summed E-state index contributed by atoms with van der Waals surface area (Å²) in [6.45, 7) is 2.53. The van der Waals surface area contributed by atoms with Gasteiger partial charge in [0.2, 0.25) is 0 Å². The van der Waals surface area contributed by atoms with E-state index in [0.717, 1.165) is 6.07 Å². The second-order valence-corrected chi connectivity index (χ2v) is 4.53. The van der Waals surface area contributed by atoms with Crippen molar-refractivity contribution in [1.29, 1.82) is 0 Å². The zero-order valence-corrected chi connectivity index (χ0v) is 11.8. The lowest BCUT2D eigenvalue weighted by Crippen LogP contribution is -2.29. The van der Waals surface area contributed by atoms with Crippen LogP contribution in [-0.4, -0.2) is 34.8 Å². The molecule has 0 aliphatic heterocycles. The summed E-state index contributed by atoms with van der Waals surface area (Å²) < 4.78 is 38.2. The lowest BCUT2D eigenvalue weighted by molar-refractivity contribution is -0.141. The molecule has 0 saturated carbocycles. The van der Waals surface area contributed by atoms with Gasteiger partial charge in [-0.3, -0.25) is 0 Å². The third-order valence-corrected chi connectivity index (χ3v) is 2.92. The number of hydrogen-bond donors (Lipinski definition) is 2. The van der Waals surface area contributed by atoms with Gasteiger partial charge in [0, 0.05) is 19.7 Å². The fourth-order valence-electron chi connectivity index (χ4n) is 1.72. The minimum atomic E-state index is -4.53. The molecular weight excluding hydrogens is 291 g/mol. The number of aromatic nitrogens is 1. The first-order valence-corrected chi connectivity index (χ1v) is 6.46. The van der Waals surface area contributed by atoms with Crippen LogP contribution in [-0.2, 0) is 6.18 Å². The van der Waals surface area contributed by atoms with Gasteiger partial charge in [0.05, 0.1) is 5.56 Å². The molecular formula is C12H16F3N3OS. The first-order chi connectivity index (χ1) is 9.31. The van der Waals surface area contributed by atoms with Crippen molar-refractivity contribution in [3.8, 4) is 0 Å². The molecule has 0 amide bonds. The van der Waals surface area contributed by atoms with E-state index >= 15 is 0 Å². The van der Waals surface area contributed by atoms with Gasteiger partial charge in [0.1, 0.15) is 16.5 Å². The average Bonchev–Trinajstić information content (AvgIpc) is 2.38. The molecule has 0 aromatic carbocycles. The lowest BCUT2D eigenvalue weighted by Gasteiger charge is -2.24. The highest BCUT2D eigenvalue weighted by Crippen LogP contribution is 2.30. The highest BCUT2D eigenvalue weighted by molar-refractivity contribution is 7.80. The Morgan fingerprint density at radius 3 is 2.55 bits per heavy atom. The molecule has 1 heterocycles. The highest BCUT2D eigenvalue weighted by atomic mass is 32.1. The number of nitrogens with two attached hydrogens (primary N) is 1. The topological polar surface area (TPSA) is 62.4 Å². The minimum Gasteiger partial charge on any atom is -0.396 e. The summed E-state index contributed by atoms with van der Waals surface area (Å²) in [5.41, 5.74) is 4.84. The zero-order chi connectivity index (χ0) is 15.3. The molecule has 0 bridgehead atoms. The Labute approximate surface area is 120 Å². The SMILES string of the molecule is CCN(CCCO)c1nc(C(F)(F)F)ccc1C(N)=S. The van der Waals surface area contributed by atoms with Crippen LogP contribution < -0.4 is 10.6 Å². The Hall–Kier alpha value is -1.41. The predicted molar refractivity (Wildman–Crippen MR) is 74.7 cm³/mol. The standard InChI is InChI=1S/C12H16F3N3OS/c1-2-18(6-3-7-19)11-8(10(16)20)4-5-9(17-11)12(13,14)15/h4-5,19H,2-3,6-7H2,1H3,(H2,16,20). The van der Waals surface area contributed by atoms with E-state index in [9.17, 15) is 13.2 Å². The monoisotopic (exact) mass is 307 g/mol. The Balaban J connectivity index is 3.26. The molecule has 0 aliphatic rings. The first-order valence-electron chi connectivity index (χ1n) is 6.05. The third kappa shape index (κ3) is 4.04. The van der Waals surface area contributed by atoms with E-state index in [2.05, 4.69) is 4.98 Å². The molecule has 3 N–H and O–H groups in total. The Kier molecular flexibility index (Phi) is 5.70. The van der Waals surface area contributed by atoms with Crippen LogP contribution in [0.25, 0.3) is 0 Å². The summed E-state index contributed by atoms with van der Waals surface area (Å²) >= 11 is 4.85. The Morgan fingerprint density at radius 2 is 2.10 bits per heavy atom. The van der Waals surface area contributed by atoms with Crippen molar-refractivity contribution in [3.63, 3.8) is 0 Å². The van der Waals surface area contributed by atoms with Crippen molar-refractivity contribution in [2.24, 2.45) is 5.73 Å². The number of anilines is 1. The molecule has 1 aromatic rings. The van der Waals surface area contributed by atoms with Crippen molar-refractivity contribution < 1.29 is 18.3 Å². The average molecular weight is 307 g/mol. The molecule has 112 valence electrons. The summed E-state index contributed by atoms with van der Waals surface area (Å²) in [6.07, 6.45) is -4.11. The first kappa shape index (κ1) is 16.6. The maximum absolute atomic E-state index is 12.7. The fourth-order valence-corrected chi connectivity index (χ4v) is 1.87. The summed E-state index contributed by atoms with van der Waals surface area (Å²) in [5, 5.41) is 8.84. The van der Waals surface area contributed by atoms with E-state index < -0.39 is 11.9 Å². The maximum atomic E-state index is 12.7. The van der Waals surface area contributed by atoms with Crippen molar-refractivity contribution in [2.75, 3.05) is 24.6 Å². The molecule has 0 radical (unpaired) electrons. The van der Waals surface area contributed by atoms with Crippen molar-refractivity contribution in [2.45, 2.75) is 19.5 Å². The fraction of sp³-hybridized carbons (Fsp3) is 0.500. The molecule has 0 atom stereocenters. The smallest absolute Gasteiger partial charge is 0.396 e. The number of aliphatic hydroxyl groups is 1. The van der Waals surface area contributed by atoms with Crippen LogP contribution in [0.3, 0.4) is 0 Å². The lowest BCUT2D eigenvalue weighted by atomic mass is 10.2. The van der Waals surface area contributed by atoms with E-state index in [1.54, 1.807) is 11.8 Å². The quantitative estimate of drug-likeness (QED) is 0.787. The highest BCUT2D eigenvalue weighted by Gasteiger charge is 2.33. The number of hydrogen-bond acceptors (Lipinski definition) is 4. The van der Waals surface area contributed by atoms with E-state index in [1.807, 2.05) is 0 Å². The summed E-state index contributed by atoms with van der Waals surface area (Å²) in [5.74, 6) is 0.100. The second kappa shape index (κ2) is 6.85. The molecule has 8 heteroatoms. The van der Waals surface area contributed by atoms with Crippen molar-refractivity contribution in [1.82, 2.24) is 4.98 Å². The zero-order valence-electron chi connectivity index (χ0n) is 10.9. The van der Waals surface area contributed by atoms with E-state index in [1.165, 1.54) is 6.07 Å². The van der Waals surface area contributed by atoms with Crippen LogP contribution in [0.1, 0.15) is 24.6 Å². The molecule has 4 nitrogen and oxygen atoms in total. The molecule has 1 rings (SSSR count). The van der Waals surface area contributed by atoms with Crippen LogP contribution in [0.4, 0.5) is 19.0 Å². The van der Waals surface area contributed by atoms with Gasteiger partial charge in [-0.05, 0) is 25.5 Å². The molecule has 0 spiro atoms. The Bertz CT molecular complexity index is 480. The van der Waals surface area contributed by atoms with Gasteiger partial charge in [-0.1, -0.05) is 12.2 Å². The van der Waals surface area contributed by atoms with Gasteiger partial charge >= 0.3 is 6.18 Å². The van der Waals surface area contributed by atoms with Crippen LogP contribution in [0.5, 0.6) is 0 Å². The molecule has 1 aromatic heterocycles. The van der Waals surface area contributed by atoms with Gasteiger partial charge < -0.3 is 15.7 Å². The normalized spacial score (nSPS) is 11.4. The van der Waals surface area contributed by atoms with E-state index in [0.29, 0.717) is 25.1 Å². The largest absolute Gasteiger partial charge is 0.433 e. The minimum absolute atomic E-state index is 0.0105. The molecule has 0 saturated heterocycles. The van der Waals surface area contributed by atoms with E-state index in [-0.39, 0.29) is 17.4 Å². The molecule has 0 aliphatic carbocycles. The number of halogens is 3. The number of nitrogens with zero attached hydrogens (tertiary/aromatic N) is 2. The van der Waals surface area contributed by atoms with Crippen LogP contribution in [0.15, 0.2) is 12.1 Å². The number of rotatable bonds is 6. The molecule has 0 unspecified atom stereocenters. The predicted octanol–water partition coefficient (Wildman–Crippen LogP) is 1.94. The number of pyridine rings is 1. The van der Waals surface area contributed by atoms with Crippen molar-refractivity contribution >= 4 is 23.0 Å². The summed E-state index contributed by atoms with van der Waals surface area (Å²) in [4.78, 5) is 5.24. The number of aliphatic hydroxyl groups excluding tert-OH is 1. The van der Waals surface area contributed by atoms with E-state index in [4.69, 9.17) is 23.1 Å². The van der Waals surface area contributed by atoms with Crippen LogP contribution >= 0.6 is 12.2 Å². The van der Waals surface area contributed by atoms with Crippen LogP contribution in [0, 0.1) is 0 Å². The van der Waals surface area contributed by atoms with Gasteiger partial charge in [-0.15, -0.1) is 0 Å². The maximum Gasteiger partial charge on any atom is 0.433 e. The molecule has 20 heavy (non-hydrogen) atoms. The summed E-state index contributed by atoms with van der Waals surface area (Å²) in [6, 6.07) is 2.09. The number of alkyl halides is 3. The van der Waals surface area contributed by atoms with Gasteiger partial charge in [-0.2, -0.15) is 13.2 Å². The van der Waals surface area contributed by atoms with Gasteiger partial charge in [0.15, 0.2) is 0 Å². The summed E-state index contributed by atoms with van der Waals surface area (Å²) in [7, 11) is 0. The third-order valence-electron chi connectivity index (χ3n) is 2.70. The van der Waals surface area contributed by atoms with Crippen LogP contribution in [0.2, 0.25) is 0 Å². The number of thiocarbonyl (C=S) groups is 1.